The standard InChI is InChI=1S/C16H26N2O3/c1-4-11-21-14-8-6-7-13(12-14)17-15(20)18-16(3,5-2)9-10-19/h6-8,12,19H,4-5,9-11H2,1-3H3,(H2,17,18,20). The number of carbonyl (C=O) groups is 1. The number of ether oxygens (including phenoxy) is 1. The SMILES string of the molecule is CCCOc1cccc(NC(=O)NC(C)(CC)CCO)c1. The van der Waals surface area contributed by atoms with Gasteiger partial charge < -0.3 is 20.5 Å². The Balaban J connectivity index is 2.61. The maximum atomic E-state index is 12.0. The van der Waals surface area contributed by atoms with Crippen LogP contribution in [0.2, 0.25) is 0 Å². The Morgan fingerprint density at radius 2 is 2.14 bits per heavy atom. The van der Waals surface area contributed by atoms with Gasteiger partial charge in [-0.3, -0.25) is 0 Å². The number of amides is 2. The normalized spacial score (nSPS) is 13.3. The topological polar surface area (TPSA) is 70.6 Å². The number of carbonyl (C=O) groups excluding carboxylic acids is 1. The lowest BCUT2D eigenvalue weighted by Crippen LogP contribution is -2.48. The number of hydrogen-bond donors (Lipinski definition) is 3. The molecular formula is C16H26N2O3. The van der Waals surface area contributed by atoms with Gasteiger partial charge in [0.2, 0.25) is 0 Å². The molecule has 0 spiro atoms. The maximum Gasteiger partial charge on any atom is 0.319 e. The van der Waals surface area contributed by atoms with Gasteiger partial charge in [0.05, 0.1) is 6.61 Å². The molecule has 1 aromatic rings. The maximum absolute atomic E-state index is 12.0. The fourth-order valence-corrected chi connectivity index (χ4v) is 1.89. The first-order valence-corrected chi connectivity index (χ1v) is 7.46. The number of aliphatic hydroxyl groups excluding tert-OH is 1. The molecule has 0 aliphatic heterocycles. The highest BCUT2D eigenvalue weighted by Crippen LogP contribution is 2.18. The summed E-state index contributed by atoms with van der Waals surface area (Å²) in [5, 5.41) is 14.8. The van der Waals surface area contributed by atoms with Gasteiger partial charge in [0.25, 0.3) is 0 Å². The molecule has 1 unspecified atom stereocenters. The lowest BCUT2D eigenvalue weighted by molar-refractivity contribution is 0.208. The summed E-state index contributed by atoms with van der Waals surface area (Å²) >= 11 is 0. The van der Waals surface area contributed by atoms with Crippen LogP contribution in [0.5, 0.6) is 5.75 Å². The van der Waals surface area contributed by atoms with Crippen LogP contribution in [0.15, 0.2) is 24.3 Å². The third kappa shape index (κ3) is 6.04. The van der Waals surface area contributed by atoms with Crippen LogP contribution in [0.25, 0.3) is 0 Å². The number of anilines is 1. The first kappa shape index (κ1) is 17.3. The van der Waals surface area contributed by atoms with Crippen molar-refractivity contribution >= 4 is 11.7 Å². The number of urea groups is 1. The summed E-state index contributed by atoms with van der Waals surface area (Å²) in [5.74, 6) is 0.739. The lowest BCUT2D eigenvalue weighted by Gasteiger charge is -2.29. The second-order valence-electron chi connectivity index (χ2n) is 5.34. The first-order chi connectivity index (χ1) is 10.0. The van der Waals surface area contributed by atoms with E-state index in [9.17, 15) is 4.79 Å². The summed E-state index contributed by atoms with van der Waals surface area (Å²) in [5.41, 5.74) is 0.276. The molecule has 0 aliphatic carbocycles. The van der Waals surface area contributed by atoms with E-state index < -0.39 is 5.54 Å². The third-order valence-corrected chi connectivity index (χ3v) is 3.42. The van der Waals surface area contributed by atoms with Crippen LogP contribution in [0.3, 0.4) is 0 Å². The van der Waals surface area contributed by atoms with Crippen LogP contribution in [0.4, 0.5) is 10.5 Å². The molecule has 0 bridgehead atoms. The predicted octanol–water partition coefficient (Wildman–Crippen LogP) is 3.15. The van der Waals surface area contributed by atoms with E-state index in [1.807, 2.05) is 39.0 Å². The zero-order valence-electron chi connectivity index (χ0n) is 13.1. The quantitative estimate of drug-likeness (QED) is 0.689. The van der Waals surface area contributed by atoms with E-state index in [0.717, 1.165) is 18.6 Å². The molecule has 3 N–H and O–H groups in total. The highest BCUT2D eigenvalue weighted by Gasteiger charge is 2.23. The average molecular weight is 294 g/mol. The van der Waals surface area contributed by atoms with E-state index in [1.54, 1.807) is 6.07 Å². The molecule has 118 valence electrons. The number of rotatable bonds is 8. The van der Waals surface area contributed by atoms with Crippen molar-refractivity contribution in [2.75, 3.05) is 18.5 Å². The highest BCUT2D eigenvalue weighted by atomic mass is 16.5. The number of benzene rings is 1. The van der Waals surface area contributed by atoms with Gasteiger partial charge in [-0.1, -0.05) is 19.9 Å². The fourth-order valence-electron chi connectivity index (χ4n) is 1.89. The van der Waals surface area contributed by atoms with Crippen molar-refractivity contribution in [1.82, 2.24) is 5.32 Å². The fraction of sp³-hybridized carbons (Fsp3) is 0.562. The summed E-state index contributed by atoms with van der Waals surface area (Å²) in [7, 11) is 0. The van der Waals surface area contributed by atoms with E-state index in [1.165, 1.54) is 0 Å². The molecule has 0 saturated carbocycles. The zero-order valence-corrected chi connectivity index (χ0v) is 13.1. The summed E-state index contributed by atoms with van der Waals surface area (Å²) < 4.78 is 5.53. The molecule has 0 aromatic heterocycles. The molecule has 1 rings (SSSR count). The van der Waals surface area contributed by atoms with Crippen LogP contribution in [0, 0.1) is 0 Å². The van der Waals surface area contributed by atoms with Gasteiger partial charge in [0.15, 0.2) is 0 Å². The molecule has 0 fully saturated rings. The van der Waals surface area contributed by atoms with E-state index in [0.29, 0.717) is 18.7 Å². The largest absolute Gasteiger partial charge is 0.494 e. The van der Waals surface area contributed by atoms with Crippen LogP contribution in [0.1, 0.15) is 40.0 Å². The van der Waals surface area contributed by atoms with Crippen molar-refractivity contribution < 1.29 is 14.6 Å². The Labute approximate surface area is 126 Å². The summed E-state index contributed by atoms with van der Waals surface area (Å²) in [6, 6.07) is 7.03. The van der Waals surface area contributed by atoms with Gasteiger partial charge in [-0.2, -0.15) is 0 Å². The Morgan fingerprint density at radius 1 is 1.38 bits per heavy atom. The van der Waals surface area contributed by atoms with Crippen LogP contribution >= 0.6 is 0 Å². The van der Waals surface area contributed by atoms with Gasteiger partial charge in [-0.25, -0.2) is 4.79 Å². The molecular weight excluding hydrogens is 268 g/mol. The predicted molar refractivity (Wildman–Crippen MR) is 84.8 cm³/mol. The smallest absolute Gasteiger partial charge is 0.319 e. The van der Waals surface area contributed by atoms with Crippen molar-refractivity contribution in [3.63, 3.8) is 0 Å². The molecule has 1 atom stereocenters. The minimum atomic E-state index is -0.408. The first-order valence-electron chi connectivity index (χ1n) is 7.46. The second-order valence-corrected chi connectivity index (χ2v) is 5.34. The number of hydrogen-bond acceptors (Lipinski definition) is 3. The van der Waals surface area contributed by atoms with Crippen molar-refractivity contribution in [2.24, 2.45) is 0 Å². The van der Waals surface area contributed by atoms with Gasteiger partial charge in [0.1, 0.15) is 5.75 Å². The van der Waals surface area contributed by atoms with Crippen LogP contribution in [-0.4, -0.2) is 29.9 Å². The summed E-state index contributed by atoms with van der Waals surface area (Å²) in [4.78, 5) is 12.0. The Hall–Kier alpha value is -1.75. The highest BCUT2D eigenvalue weighted by molar-refractivity contribution is 5.89. The molecule has 0 aliphatic rings. The van der Waals surface area contributed by atoms with Crippen LogP contribution in [-0.2, 0) is 0 Å². The molecule has 21 heavy (non-hydrogen) atoms. The minimum absolute atomic E-state index is 0.0466. The van der Waals surface area contributed by atoms with Gasteiger partial charge in [-0.15, -0.1) is 0 Å². The lowest BCUT2D eigenvalue weighted by atomic mass is 9.95. The van der Waals surface area contributed by atoms with Gasteiger partial charge in [-0.05, 0) is 38.3 Å². The Morgan fingerprint density at radius 3 is 2.76 bits per heavy atom. The Kier molecular flexibility index (Phi) is 7.02. The monoisotopic (exact) mass is 294 g/mol. The van der Waals surface area contributed by atoms with Crippen molar-refractivity contribution in [2.45, 2.75) is 45.6 Å². The Bertz CT molecular complexity index is 451. The molecule has 0 radical (unpaired) electrons. The third-order valence-electron chi connectivity index (χ3n) is 3.42. The number of aliphatic hydroxyl groups is 1. The van der Waals surface area contributed by atoms with Gasteiger partial charge in [0, 0.05) is 23.9 Å². The average Bonchev–Trinajstić information content (AvgIpc) is 2.45. The summed E-state index contributed by atoms with van der Waals surface area (Å²) in [6.07, 6.45) is 2.21. The van der Waals surface area contributed by atoms with Crippen molar-refractivity contribution in [1.29, 1.82) is 0 Å². The minimum Gasteiger partial charge on any atom is -0.494 e. The van der Waals surface area contributed by atoms with Crippen LogP contribution < -0.4 is 15.4 Å². The van der Waals surface area contributed by atoms with E-state index >= 15 is 0 Å². The molecule has 5 heteroatoms. The van der Waals surface area contributed by atoms with E-state index in [-0.39, 0.29) is 12.6 Å². The van der Waals surface area contributed by atoms with E-state index in [2.05, 4.69) is 10.6 Å². The molecule has 1 aromatic carbocycles. The molecule has 5 nitrogen and oxygen atoms in total. The van der Waals surface area contributed by atoms with Gasteiger partial charge >= 0.3 is 6.03 Å². The van der Waals surface area contributed by atoms with Crippen molar-refractivity contribution in [3.05, 3.63) is 24.3 Å². The van der Waals surface area contributed by atoms with Crippen molar-refractivity contribution in [3.8, 4) is 5.75 Å². The van der Waals surface area contributed by atoms with E-state index in [4.69, 9.17) is 9.84 Å². The molecule has 0 heterocycles. The molecule has 2 amide bonds. The number of nitrogens with one attached hydrogen (secondary N) is 2. The zero-order chi connectivity index (χ0) is 15.7. The molecule has 0 saturated heterocycles. The summed E-state index contributed by atoms with van der Waals surface area (Å²) in [6.45, 7) is 6.64. The second kappa shape index (κ2) is 8.52.